The summed E-state index contributed by atoms with van der Waals surface area (Å²) in [5, 5.41) is 7.96. The topological polar surface area (TPSA) is 15.3 Å². The van der Waals surface area contributed by atoms with Crippen LogP contribution in [0.25, 0.3) is 0 Å². The predicted octanol–water partition coefficient (Wildman–Crippen LogP) is 2.71. The van der Waals surface area contributed by atoms with Crippen molar-refractivity contribution in [2.75, 3.05) is 20.1 Å². The van der Waals surface area contributed by atoms with E-state index in [9.17, 15) is 0 Å². The fraction of sp³-hybridized carbons (Fsp3) is 0.692. The molecule has 0 bridgehead atoms. The molecule has 0 saturated heterocycles. The summed E-state index contributed by atoms with van der Waals surface area (Å²) in [4.78, 5) is 2.42. The van der Waals surface area contributed by atoms with Gasteiger partial charge in [-0.3, -0.25) is 0 Å². The molecule has 1 aromatic rings. The number of rotatable bonds is 8. The first-order valence-electron chi connectivity index (χ1n) is 6.27. The maximum atomic E-state index is 3.56. The highest BCUT2D eigenvalue weighted by molar-refractivity contribution is 7.07. The lowest BCUT2D eigenvalue weighted by atomic mass is 10.2. The van der Waals surface area contributed by atoms with Gasteiger partial charge in [0.15, 0.2) is 0 Å². The summed E-state index contributed by atoms with van der Waals surface area (Å²) < 4.78 is 0. The Morgan fingerprint density at radius 3 is 3.00 bits per heavy atom. The Hall–Kier alpha value is -0.380. The van der Waals surface area contributed by atoms with Crippen LogP contribution in [0.15, 0.2) is 16.8 Å². The molecule has 0 radical (unpaired) electrons. The molecule has 2 rings (SSSR count). The van der Waals surface area contributed by atoms with Crippen LogP contribution in [0, 0.1) is 0 Å². The molecule has 0 aliphatic heterocycles. The van der Waals surface area contributed by atoms with Crippen LogP contribution in [0.1, 0.15) is 31.2 Å². The van der Waals surface area contributed by atoms with Crippen molar-refractivity contribution in [3.63, 3.8) is 0 Å². The van der Waals surface area contributed by atoms with Gasteiger partial charge in [0.05, 0.1) is 0 Å². The molecule has 1 heterocycles. The molecule has 0 spiro atoms. The summed E-state index contributed by atoms with van der Waals surface area (Å²) in [7, 11) is 2.21. The summed E-state index contributed by atoms with van der Waals surface area (Å²) >= 11 is 1.79. The van der Waals surface area contributed by atoms with Crippen molar-refractivity contribution >= 4 is 11.3 Å². The lowest BCUT2D eigenvalue weighted by Crippen LogP contribution is -2.21. The van der Waals surface area contributed by atoms with Gasteiger partial charge in [-0.05, 0) is 68.2 Å². The zero-order valence-corrected chi connectivity index (χ0v) is 10.9. The van der Waals surface area contributed by atoms with Crippen molar-refractivity contribution in [3.05, 3.63) is 22.4 Å². The van der Waals surface area contributed by atoms with Crippen LogP contribution in [-0.4, -0.2) is 31.1 Å². The molecule has 1 aliphatic rings. The molecule has 0 atom stereocenters. The van der Waals surface area contributed by atoms with Gasteiger partial charge in [-0.25, -0.2) is 0 Å². The predicted molar refractivity (Wildman–Crippen MR) is 70.9 cm³/mol. The molecule has 2 nitrogen and oxygen atoms in total. The Morgan fingerprint density at radius 1 is 1.44 bits per heavy atom. The maximum Gasteiger partial charge on any atom is 0.0238 e. The Balaban J connectivity index is 1.48. The van der Waals surface area contributed by atoms with E-state index in [2.05, 4.69) is 34.1 Å². The second-order valence-corrected chi connectivity index (χ2v) is 5.58. The van der Waals surface area contributed by atoms with Crippen LogP contribution in [0.5, 0.6) is 0 Å². The van der Waals surface area contributed by atoms with Gasteiger partial charge < -0.3 is 10.2 Å². The monoisotopic (exact) mass is 238 g/mol. The van der Waals surface area contributed by atoms with E-state index in [-0.39, 0.29) is 0 Å². The van der Waals surface area contributed by atoms with Gasteiger partial charge in [0.2, 0.25) is 0 Å². The van der Waals surface area contributed by atoms with Crippen molar-refractivity contribution in [2.45, 2.75) is 38.3 Å². The van der Waals surface area contributed by atoms with Crippen molar-refractivity contribution in [1.29, 1.82) is 0 Å². The third-order valence-electron chi connectivity index (χ3n) is 3.01. The summed E-state index contributed by atoms with van der Waals surface area (Å²) in [6, 6.07) is 3.08. The van der Waals surface area contributed by atoms with E-state index in [1.165, 1.54) is 44.3 Å². The fourth-order valence-corrected chi connectivity index (χ4v) is 2.53. The van der Waals surface area contributed by atoms with Gasteiger partial charge in [-0.1, -0.05) is 0 Å². The van der Waals surface area contributed by atoms with E-state index in [0.717, 1.165) is 12.6 Å². The Morgan fingerprint density at radius 2 is 2.31 bits per heavy atom. The third kappa shape index (κ3) is 4.64. The van der Waals surface area contributed by atoms with Gasteiger partial charge >= 0.3 is 0 Å². The molecule has 1 aromatic heterocycles. The first-order chi connectivity index (χ1) is 7.84. The van der Waals surface area contributed by atoms with Gasteiger partial charge in [-0.2, -0.15) is 11.3 Å². The summed E-state index contributed by atoms with van der Waals surface area (Å²) in [6.07, 6.45) is 5.42. The number of nitrogens with one attached hydrogen (secondary N) is 1. The van der Waals surface area contributed by atoms with Gasteiger partial charge in [0.25, 0.3) is 0 Å². The lowest BCUT2D eigenvalue weighted by Gasteiger charge is -2.15. The van der Waals surface area contributed by atoms with Crippen molar-refractivity contribution < 1.29 is 0 Å². The number of hydrogen-bond donors (Lipinski definition) is 1. The second-order valence-electron chi connectivity index (χ2n) is 4.80. The molecule has 16 heavy (non-hydrogen) atoms. The van der Waals surface area contributed by atoms with Crippen LogP contribution >= 0.6 is 11.3 Å². The molecule has 90 valence electrons. The van der Waals surface area contributed by atoms with Crippen LogP contribution in [0.3, 0.4) is 0 Å². The average molecular weight is 238 g/mol. The molecule has 1 aliphatic carbocycles. The molecule has 0 aromatic carbocycles. The van der Waals surface area contributed by atoms with Crippen molar-refractivity contribution in [3.8, 4) is 0 Å². The molecule has 0 amide bonds. The molecule has 1 fully saturated rings. The first kappa shape index (κ1) is 12.1. The quantitative estimate of drug-likeness (QED) is 0.701. The average Bonchev–Trinajstić information content (AvgIpc) is 2.95. The zero-order valence-electron chi connectivity index (χ0n) is 10.1. The third-order valence-corrected chi connectivity index (χ3v) is 3.74. The first-order valence-corrected chi connectivity index (χ1v) is 7.22. The minimum Gasteiger partial charge on any atom is -0.314 e. The minimum absolute atomic E-state index is 0.864. The number of unbranched alkanes of at least 4 members (excludes halogenated alkanes) is 1. The standard InChI is InChI=1S/C13H22N2S/c1-15(10-12-6-9-16-11-12)8-3-2-7-14-13-4-5-13/h6,9,11,13-14H,2-5,7-8,10H2,1H3. The largest absolute Gasteiger partial charge is 0.314 e. The number of thiophene rings is 1. The highest BCUT2D eigenvalue weighted by Gasteiger charge is 2.19. The molecule has 1 saturated carbocycles. The number of hydrogen-bond acceptors (Lipinski definition) is 3. The van der Waals surface area contributed by atoms with Crippen molar-refractivity contribution in [1.82, 2.24) is 10.2 Å². The lowest BCUT2D eigenvalue weighted by molar-refractivity contribution is 0.318. The van der Waals surface area contributed by atoms with Crippen LogP contribution in [0.4, 0.5) is 0 Å². The van der Waals surface area contributed by atoms with Gasteiger partial charge in [0.1, 0.15) is 0 Å². The van der Waals surface area contributed by atoms with Crippen LogP contribution in [-0.2, 0) is 6.54 Å². The summed E-state index contributed by atoms with van der Waals surface area (Å²) in [5.41, 5.74) is 1.45. The Bertz CT molecular complexity index is 280. The SMILES string of the molecule is CN(CCCCNC1CC1)Cc1ccsc1. The van der Waals surface area contributed by atoms with Gasteiger partial charge in [0, 0.05) is 12.6 Å². The highest BCUT2D eigenvalue weighted by Crippen LogP contribution is 2.18. The van der Waals surface area contributed by atoms with E-state index in [4.69, 9.17) is 0 Å². The molecular weight excluding hydrogens is 216 g/mol. The van der Waals surface area contributed by atoms with E-state index >= 15 is 0 Å². The minimum atomic E-state index is 0.864. The smallest absolute Gasteiger partial charge is 0.0238 e. The number of nitrogens with zero attached hydrogens (tertiary/aromatic N) is 1. The fourth-order valence-electron chi connectivity index (χ4n) is 1.87. The molecular formula is C13H22N2S. The Labute approximate surface area is 103 Å². The maximum absolute atomic E-state index is 3.56. The second kappa shape index (κ2) is 6.38. The molecule has 3 heteroatoms. The van der Waals surface area contributed by atoms with E-state index in [1.807, 2.05) is 0 Å². The normalized spacial score (nSPS) is 15.9. The van der Waals surface area contributed by atoms with E-state index in [0.29, 0.717) is 0 Å². The van der Waals surface area contributed by atoms with Crippen LogP contribution < -0.4 is 5.32 Å². The van der Waals surface area contributed by atoms with E-state index < -0.39 is 0 Å². The van der Waals surface area contributed by atoms with E-state index in [1.54, 1.807) is 11.3 Å². The Kier molecular flexibility index (Phi) is 4.82. The van der Waals surface area contributed by atoms with Crippen LogP contribution in [0.2, 0.25) is 0 Å². The molecule has 1 N–H and O–H groups in total. The summed E-state index contributed by atoms with van der Waals surface area (Å²) in [5.74, 6) is 0. The van der Waals surface area contributed by atoms with Gasteiger partial charge in [-0.15, -0.1) is 0 Å². The van der Waals surface area contributed by atoms with Crippen molar-refractivity contribution in [2.24, 2.45) is 0 Å². The zero-order chi connectivity index (χ0) is 11.2. The highest BCUT2D eigenvalue weighted by atomic mass is 32.1. The molecule has 0 unspecified atom stereocenters. The summed E-state index contributed by atoms with van der Waals surface area (Å²) in [6.45, 7) is 3.51.